The average molecular weight is 278 g/mol. The molecule has 1 aromatic carbocycles. The molecule has 0 saturated carbocycles. The molecule has 5 heteroatoms. The molecule has 0 unspecified atom stereocenters. The van der Waals surface area contributed by atoms with E-state index < -0.39 is 0 Å². The van der Waals surface area contributed by atoms with Gasteiger partial charge in [0.1, 0.15) is 0 Å². The second-order valence-electron chi connectivity index (χ2n) is 3.58. The Labute approximate surface area is 112 Å². The highest BCUT2D eigenvalue weighted by Gasteiger charge is 2.05. The van der Waals surface area contributed by atoms with Crippen LogP contribution in [0.15, 0.2) is 18.2 Å². The molecule has 0 fully saturated rings. The molecule has 0 saturated heterocycles. The van der Waals surface area contributed by atoms with Gasteiger partial charge in [-0.3, -0.25) is 0 Å². The van der Waals surface area contributed by atoms with Crippen LogP contribution in [0.25, 0.3) is 0 Å². The summed E-state index contributed by atoms with van der Waals surface area (Å²) in [6.07, 6.45) is 1.90. The van der Waals surface area contributed by atoms with Gasteiger partial charge in [-0.15, -0.1) is 0 Å². The first kappa shape index (κ1) is 14.6. The molecule has 1 aromatic rings. The minimum absolute atomic E-state index is 0.172. The van der Waals surface area contributed by atoms with Gasteiger partial charge >= 0.3 is 0 Å². The second-order valence-corrected chi connectivity index (χ2v) is 4.39. The lowest BCUT2D eigenvalue weighted by Crippen LogP contribution is -2.19. The molecule has 0 spiro atoms. The van der Waals surface area contributed by atoms with Gasteiger partial charge in [0.15, 0.2) is 5.75 Å². The third-order valence-electron chi connectivity index (χ3n) is 2.20. The van der Waals surface area contributed by atoms with E-state index in [0.29, 0.717) is 28.9 Å². The molecule has 2 N–H and O–H groups in total. The van der Waals surface area contributed by atoms with E-state index in [4.69, 9.17) is 33.0 Å². The molecule has 0 aliphatic heterocycles. The number of unbranched alkanes of at least 4 members (excludes halogenated alkanes) is 1. The number of hydrogen-bond donors (Lipinski definition) is 2. The molecule has 0 amide bonds. The van der Waals surface area contributed by atoms with Crippen molar-refractivity contribution in [3.8, 4) is 5.75 Å². The molecule has 96 valence electrons. The van der Waals surface area contributed by atoms with Crippen LogP contribution in [-0.4, -0.2) is 31.4 Å². The van der Waals surface area contributed by atoms with Crippen LogP contribution >= 0.6 is 23.2 Å². The minimum Gasteiger partial charge on any atom is -0.490 e. The molecule has 3 nitrogen and oxygen atoms in total. The van der Waals surface area contributed by atoms with E-state index in [-0.39, 0.29) is 6.61 Å². The molecular formula is C12H17Cl2NO2. The molecule has 0 atom stereocenters. The molecule has 0 aromatic heterocycles. The van der Waals surface area contributed by atoms with Gasteiger partial charge in [0.2, 0.25) is 0 Å². The number of para-hydroxylation sites is 1. The summed E-state index contributed by atoms with van der Waals surface area (Å²) in [6.45, 7) is 2.27. The summed E-state index contributed by atoms with van der Waals surface area (Å²) in [4.78, 5) is 0. The normalized spacial score (nSPS) is 10.5. The highest BCUT2D eigenvalue weighted by Crippen LogP contribution is 2.32. The average Bonchev–Trinajstić information content (AvgIpc) is 2.31. The van der Waals surface area contributed by atoms with Crippen molar-refractivity contribution < 1.29 is 9.84 Å². The Morgan fingerprint density at radius 3 is 2.47 bits per heavy atom. The van der Waals surface area contributed by atoms with E-state index in [9.17, 15) is 0 Å². The van der Waals surface area contributed by atoms with E-state index in [0.717, 1.165) is 19.4 Å². The number of aliphatic hydroxyl groups excluding tert-OH is 1. The number of hydrogen-bond acceptors (Lipinski definition) is 3. The first-order valence-electron chi connectivity index (χ1n) is 5.64. The van der Waals surface area contributed by atoms with Crippen molar-refractivity contribution in [3.63, 3.8) is 0 Å². The summed E-state index contributed by atoms with van der Waals surface area (Å²) in [5, 5.41) is 12.7. The molecule has 1 rings (SSSR count). The maximum atomic E-state index is 8.56. The van der Waals surface area contributed by atoms with Crippen molar-refractivity contribution in [2.45, 2.75) is 12.8 Å². The van der Waals surface area contributed by atoms with Crippen molar-refractivity contribution in [2.75, 3.05) is 26.3 Å². The standard InChI is InChI=1S/C12H17Cl2NO2/c13-10-4-3-5-11(14)12(10)17-9-2-1-6-15-7-8-16/h3-5,15-16H,1-2,6-9H2. The van der Waals surface area contributed by atoms with Crippen LogP contribution in [0.1, 0.15) is 12.8 Å². The van der Waals surface area contributed by atoms with E-state index in [2.05, 4.69) is 5.32 Å². The highest BCUT2D eigenvalue weighted by molar-refractivity contribution is 6.37. The lowest BCUT2D eigenvalue weighted by atomic mass is 10.3. The lowest BCUT2D eigenvalue weighted by molar-refractivity contribution is 0.286. The van der Waals surface area contributed by atoms with Gasteiger partial charge in [-0.25, -0.2) is 0 Å². The zero-order valence-electron chi connectivity index (χ0n) is 9.59. The number of halogens is 2. The highest BCUT2D eigenvalue weighted by atomic mass is 35.5. The largest absolute Gasteiger partial charge is 0.490 e. The van der Waals surface area contributed by atoms with Crippen molar-refractivity contribution in [3.05, 3.63) is 28.2 Å². The molecule has 0 heterocycles. The van der Waals surface area contributed by atoms with Gasteiger partial charge in [-0.1, -0.05) is 29.3 Å². The Kier molecular flexibility index (Phi) is 7.37. The number of nitrogens with one attached hydrogen (secondary N) is 1. The molecule has 0 aliphatic rings. The summed E-state index contributed by atoms with van der Waals surface area (Å²) in [5.74, 6) is 0.555. The van der Waals surface area contributed by atoms with Crippen LogP contribution in [0.4, 0.5) is 0 Å². The topological polar surface area (TPSA) is 41.5 Å². The first-order valence-corrected chi connectivity index (χ1v) is 6.39. The maximum Gasteiger partial charge on any atom is 0.156 e. The van der Waals surface area contributed by atoms with Gasteiger partial charge in [-0.05, 0) is 31.5 Å². The van der Waals surface area contributed by atoms with E-state index in [1.54, 1.807) is 18.2 Å². The molecular weight excluding hydrogens is 261 g/mol. The smallest absolute Gasteiger partial charge is 0.156 e. The Hall–Kier alpha value is -0.480. The third-order valence-corrected chi connectivity index (χ3v) is 2.80. The lowest BCUT2D eigenvalue weighted by Gasteiger charge is -2.09. The molecule has 17 heavy (non-hydrogen) atoms. The SMILES string of the molecule is OCCNCCCCOc1c(Cl)cccc1Cl. The van der Waals surface area contributed by atoms with Crippen LogP contribution in [0.3, 0.4) is 0 Å². The zero-order chi connectivity index (χ0) is 12.5. The Morgan fingerprint density at radius 1 is 1.12 bits per heavy atom. The monoisotopic (exact) mass is 277 g/mol. The number of aliphatic hydroxyl groups is 1. The van der Waals surface area contributed by atoms with Crippen LogP contribution in [-0.2, 0) is 0 Å². The Morgan fingerprint density at radius 2 is 1.82 bits per heavy atom. The minimum atomic E-state index is 0.172. The van der Waals surface area contributed by atoms with Crippen LogP contribution in [0, 0.1) is 0 Å². The fraction of sp³-hybridized carbons (Fsp3) is 0.500. The third kappa shape index (κ3) is 5.59. The molecule has 0 bridgehead atoms. The molecule has 0 radical (unpaired) electrons. The summed E-state index contributed by atoms with van der Waals surface area (Å²) in [6, 6.07) is 5.30. The van der Waals surface area contributed by atoms with Crippen molar-refractivity contribution >= 4 is 23.2 Å². The summed E-state index contributed by atoms with van der Waals surface area (Å²) < 4.78 is 5.53. The number of benzene rings is 1. The first-order chi connectivity index (χ1) is 8.25. The number of ether oxygens (including phenoxy) is 1. The van der Waals surface area contributed by atoms with Crippen LogP contribution < -0.4 is 10.1 Å². The van der Waals surface area contributed by atoms with Gasteiger partial charge in [0, 0.05) is 6.54 Å². The Bertz CT molecular complexity index is 314. The second kappa shape index (κ2) is 8.59. The quantitative estimate of drug-likeness (QED) is 0.718. The van der Waals surface area contributed by atoms with Gasteiger partial charge in [0.25, 0.3) is 0 Å². The van der Waals surface area contributed by atoms with E-state index in [1.807, 2.05) is 0 Å². The molecule has 0 aliphatic carbocycles. The van der Waals surface area contributed by atoms with Crippen molar-refractivity contribution in [2.24, 2.45) is 0 Å². The fourth-order valence-electron chi connectivity index (χ4n) is 1.35. The van der Waals surface area contributed by atoms with E-state index >= 15 is 0 Å². The maximum absolute atomic E-state index is 8.56. The predicted molar refractivity (Wildman–Crippen MR) is 71.1 cm³/mol. The van der Waals surface area contributed by atoms with Gasteiger partial charge < -0.3 is 15.2 Å². The predicted octanol–water partition coefficient (Wildman–Crippen LogP) is 2.73. The summed E-state index contributed by atoms with van der Waals surface area (Å²) in [5.41, 5.74) is 0. The Balaban J connectivity index is 2.18. The zero-order valence-corrected chi connectivity index (χ0v) is 11.1. The van der Waals surface area contributed by atoms with E-state index in [1.165, 1.54) is 0 Å². The fourth-order valence-corrected chi connectivity index (χ4v) is 1.86. The summed E-state index contributed by atoms with van der Waals surface area (Å²) in [7, 11) is 0. The van der Waals surface area contributed by atoms with Crippen LogP contribution in [0.5, 0.6) is 5.75 Å². The van der Waals surface area contributed by atoms with Gasteiger partial charge in [-0.2, -0.15) is 0 Å². The van der Waals surface area contributed by atoms with Crippen molar-refractivity contribution in [1.29, 1.82) is 0 Å². The van der Waals surface area contributed by atoms with Gasteiger partial charge in [0.05, 0.1) is 23.3 Å². The van der Waals surface area contributed by atoms with Crippen molar-refractivity contribution in [1.82, 2.24) is 5.32 Å². The number of rotatable bonds is 8. The van der Waals surface area contributed by atoms with Crippen LogP contribution in [0.2, 0.25) is 10.0 Å². The summed E-state index contributed by atoms with van der Waals surface area (Å²) >= 11 is 11.9.